The Hall–Kier alpha value is -3.02. The molecule has 2 aromatic heterocycles. The van der Waals surface area contributed by atoms with Crippen LogP contribution in [0.25, 0.3) is 11.0 Å². The number of fused-ring (bicyclic) bond motifs is 1. The molecule has 0 radical (unpaired) electrons. The lowest BCUT2D eigenvalue weighted by Crippen LogP contribution is -2.41. The largest absolute Gasteiger partial charge is 0.416 e. The average molecular weight is 438 g/mol. The van der Waals surface area contributed by atoms with Crippen molar-refractivity contribution in [3.8, 4) is 0 Å². The lowest BCUT2D eigenvalue weighted by molar-refractivity contribution is -0.137. The maximum absolute atomic E-state index is 12.9. The number of piperidine rings is 1. The minimum Gasteiger partial charge on any atom is -0.335 e. The molecule has 3 heterocycles. The number of aromatic nitrogens is 4. The molecule has 0 saturated carbocycles. The van der Waals surface area contributed by atoms with Gasteiger partial charge in [-0.3, -0.25) is 9.59 Å². The Balaban J connectivity index is 1.53. The third-order valence-electron chi connectivity index (χ3n) is 4.83. The monoisotopic (exact) mass is 438 g/mol. The number of nitrogens with zero attached hydrogens (tertiary/aromatic N) is 5. The van der Waals surface area contributed by atoms with Crippen molar-refractivity contribution in [2.45, 2.75) is 32.0 Å². The minimum absolute atomic E-state index is 0.160. The molecule has 1 saturated heterocycles. The van der Waals surface area contributed by atoms with Gasteiger partial charge in [0.1, 0.15) is 11.2 Å². The van der Waals surface area contributed by atoms with Crippen LogP contribution in [0, 0.1) is 0 Å². The number of halogens is 3. The molecule has 1 aromatic carbocycles. The first-order valence-electron chi connectivity index (χ1n) is 9.17. The molecule has 30 heavy (non-hydrogen) atoms. The number of carbonyl (C=O) groups excluding carboxylic acids is 2. The standard InChI is InChI=1S/C18H17F3N6O2S/c1-10(28)22-17-23-14(9-30-17)16(29)26-6-2-3-12(8-26)27-15-5-4-11(18(19,20)21)7-13(15)24-25-27/h4-5,7,9,12H,2-3,6,8H2,1H3,(H,22,23,28)/t12-/m0/s1. The molecular formula is C18H17F3N6O2S. The van der Waals surface area contributed by atoms with Gasteiger partial charge in [-0.15, -0.1) is 16.4 Å². The highest BCUT2D eigenvalue weighted by Gasteiger charge is 2.32. The van der Waals surface area contributed by atoms with E-state index in [-0.39, 0.29) is 29.1 Å². The van der Waals surface area contributed by atoms with Crippen molar-refractivity contribution in [2.24, 2.45) is 0 Å². The van der Waals surface area contributed by atoms with E-state index in [1.807, 2.05) is 0 Å². The third kappa shape index (κ3) is 3.99. The van der Waals surface area contributed by atoms with Crippen LogP contribution in [0.4, 0.5) is 18.3 Å². The first-order valence-corrected chi connectivity index (χ1v) is 10.0. The number of benzene rings is 1. The Morgan fingerprint density at radius 1 is 1.30 bits per heavy atom. The van der Waals surface area contributed by atoms with E-state index in [0.29, 0.717) is 30.2 Å². The van der Waals surface area contributed by atoms with Crippen molar-refractivity contribution in [3.63, 3.8) is 0 Å². The number of thiazole rings is 1. The van der Waals surface area contributed by atoms with E-state index < -0.39 is 11.7 Å². The van der Waals surface area contributed by atoms with Crippen LogP contribution in [0.15, 0.2) is 23.6 Å². The summed E-state index contributed by atoms with van der Waals surface area (Å²) in [7, 11) is 0. The summed E-state index contributed by atoms with van der Waals surface area (Å²) in [5, 5.41) is 12.4. The first-order chi connectivity index (χ1) is 14.2. The van der Waals surface area contributed by atoms with Gasteiger partial charge in [0, 0.05) is 25.4 Å². The van der Waals surface area contributed by atoms with E-state index in [0.717, 1.165) is 29.9 Å². The molecule has 158 valence electrons. The molecule has 0 spiro atoms. The van der Waals surface area contributed by atoms with Gasteiger partial charge >= 0.3 is 6.18 Å². The molecule has 8 nitrogen and oxygen atoms in total. The second kappa shape index (κ2) is 7.67. The molecular weight excluding hydrogens is 421 g/mol. The maximum atomic E-state index is 12.9. The number of rotatable bonds is 3. The predicted molar refractivity (Wildman–Crippen MR) is 103 cm³/mol. The van der Waals surface area contributed by atoms with Gasteiger partial charge in [0.2, 0.25) is 5.91 Å². The van der Waals surface area contributed by atoms with Gasteiger partial charge in [0.25, 0.3) is 5.91 Å². The van der Waals surface area contributed by atoms with Crippen molar-refractivity contribution in [3.05, 3.63) is 34.8 Å². The molecule has 1 aliphatic heterocycles. The highest BCUT2D eigenvalue weighted by atomic mass is 32.1. The van der Waals surface area contributed by atoms with Crippen LogP contribution in [0.1, 0.15) is 41.9 Å². The fourth-order valence-corrected chi connectivity index (χ4v) is 4.20. The Kier molecular flexibility index (Phi) is 5.18. The Labute approximate surface area is 172 Å². The fraction of sp³-hybridized carbons (Fsp3) is 0.389. The van der Waals surface area contributed by atoms with Crippen LogP contribution >= 0.6 is 11.3 Å². The molecule has 1 aliphatic rings. The molecule has 3 aromatic rings. The summed E-state index contributed by atoms with van der Waals surface area (Å²) in [4.78, 5) is 29.7. The molecule has 1 atom stereocenters. The van der Waals surface area contributed by atoms with Gasteiger partial charge in [0.15, 0.2) is 5.13 Å². The topological polar surface area (TPSA) is 93.0 Å². The molecule has 4 rings (SSSR count). The van der Waals surface area contributed by atoms with Crippen molar-refractivity contribution < 1.29 is 22.8 Å². The van der Waals surface area contributed by atoms with Gasteiger partial charge in [-0.25, -0.2) is 9.67 Å². The van der Waals surface area contributed by atoms with Crippen molar-refractivity contribution >= 4 is 39.3 Å². The van der Waals surface area contributed by atoms with E-state index in [2.05, 4.69) is 20.6 Å². The summed E-state index contributed by atoms with van der Waals surface area (Å²) in [5.41, 5.74) is 0.111. The lowest BCUT2D eigenvalue weighted by Gasteiger charge is -2.32. The van der Waals surface area contributed by atoms with Crippen molar-refractivity contribution in [1.29, 1.82) is 0 Å². The third-order valence-corrected chi connectivity index (χ3v) is 5.59. The molecule has 1 fully saturated rings. The molecule has 0 unspecified atom stereocenters. The van der Waals surface area contributed by atoms with Gasteiger partial charge in [-0.05, 0) is 31.0 Å². The normalized spacial score (nSPS) is 17.3. The van der Waals surface area contributed by atoms with E-state index in [1.165, 1.54) is 13.0 Å². The van der Waals surface area contributed by atoms with Crippen LogP contribution in [0.5, 0.6) is 0 Å². The summed E-state index contributed by atoms with van der Waals surface area (Å²) in [6.07, 6.45) is -3.02. The van der Waals surface area contributed by atoms with E-state index in [1.54, 1.807) is 15.0 Å². The zero-order valence-electron chi connectivity index (χ0n) is 15.8. The Morgan fingerprint density at radius 3 is 2.83 bits per heavy atom. The van der Waals surface area contributed by atoms with Crippen molar-refractivity contribution in [2.75, 3.05) is 18.4 Å². The average Bonchev–Trinajstić information content (AvgIpc) is 3.32. The number of carbonyl (C=O) groups is 2. The SMILES string of the molecule is CC(=O)Nc1nc(C(=O)N2CCC[C@H](n3nnc4cc(C(F)(F)F)ccc43)C2)cs1. The lowest BCUT2D eigenvalue weighted by atomic mass is 10.0. The summed E-state index contributed by atoms with van der Waals surface area (Å²) in [5.74, 6) is -0.538. The summed E-state index contributed by atoms with van der Waals surface area (Å²) in [6, 6.07) is 3.13. The minimum atomic E-state index is -4.45. The van der Waals surface area contributed by atoms with Gasteiger partial charge < -0.3 is 10.2 Å². The highest BCUT2D eigenvalue weighted by Crippen LogP contribution is 2.32. The second-order valence-corrected chi connectivity index (χ2v) is 7.86. The summed E-state index contributed by atoms with van der Waals surface area (Å²) < 4.78 is 40.4. The van der Waals surface area contributed by atoms with Crippen LogP contribution in [0.3, 0.4) is 0 Å². The van der Waals surface area contributed by atoms with Crippen LogP contribution in [-0.2, 0) is 11.0 Å². The quantitative estimate of drug-likeness (QED) is 0.677. The number of hydrogen-bond donors (Lipinski definition) is 1. The van der Waals surface area contributed by atoms with E-state index >= 15 is 0 Å². The number of nitrogens with one attached hydrogen (secondary N) is 1. The summed E-state index contributed by atoms with van der Waals surface area (Å²) in [6.45, 7) is 2.23. The maximum Gasteiger partial charge on any atom is 0.416 e. The number of alkyl halides is 3. The van der Waals surface area contributed by atoms with E-state index in [4.69, 9.17) is 0 Å². The molecule has 0 aliphatic carbocycles. The molecule has 2 amide bonds. The van der Waals surface area contributed by atoms with Crippen molar-refractivity contribution in [1.82, 2.24) is 24.9 Å². The zero-order chi connectivity index (χ0) is 21.5. The van der Waals surface area contributed by atoms with Gasteiger partial charge in [-0.1, -0.05) is 5.21 Å². The second-order valence-electron chi connectivity index (χ2n) is 7.00. The molecule has 0 bridgehead atoms. The van der Waals surface area contributed by atoms with Crippen LogP contribution < -0.4 is 5.32 Å². The summed E-state index contributed by atoms with van der Waals surface area (Å²) >= 11 is 1.16. The molecule has 1 N–H and O–H groups in total. The van der Waals surface area contributed by atoms with Gasteiger partial charge in [-0.2, -0.15) is 13.2 Å². The predicted octanol–water partition coefficient (Wildman–Crippen LogP) is 3.34. The van der Waals surface area contributed by atoms with Gasteiger partial charge in [0.05, 0.1) is 17.1 Å². The Morgan fingerprint density at radius 2 is 2.10 bits per heavy atom. The van der Waals surface area contributed by atoms with E-state index in [9.17, 15) is 22.8 Å². The zero-order valence-corrected chi connectivity index (χ0v) is 16.6. The highest BCUT2D eigenvalue weighted by molar-refractivity contribution is 7.14. The van der Waals surface area contributed by atoms with Crippen LogP contribution in [-0.4, -0.2) is 49.8 Å². The Bertz CT molecular complexity index is 1110. The number of likely N-dealkylation sites (tertiary alicyclic amines) is 1. The molecule has 12 heteroatoms. The first kappa shape index (κ1) is 20.3. The number of amides is 2. The number of hydrogen-bond acceptors (Lipinski definition) is 6. The number of anilines is 1. The smallest absolute Gasteiger partial charge is 0.335 e. The van der Waals surface area contributed by atoms with Crippen LogP contribution in [0.2, 0.25) is 0 Å². The fourth-order valence-electron chi connectivity index (χ4n) is 3.47.